The standard InChI is InChI=1S/C15H13BrClF2N/c1-9(6-10-2-4-11(17)5-3-10)20-15-8-13(18)12(16)7-14(15)19/h2-5,7-9,20H,6H2,1H3. The Balaban J connectivity index is 2.06. The summed E-state index contributed by atoms with van der Waals surface area (Å²) in [7, 11) is 0. The van der Waals surface area contributed by atoms with Gasteiger partial charge >= 0.3 is 0 Å². The number of halogens is 4. The molecule has 106 valence electrons. The van der Waals surface area contributed by atoms with E-state index in [1.807, 2.05) is 31.2 Å². The van der Waals surface area contributed by atoms with Crippen molar-refractivity contribution in [2.45, 2.75) is 19.4 Å². The molecule has 2 aromatic rings. The van der Waals surface area contributed by atoms with Crippen LogP contribution in [0.3, 0.4) is 0 Å². The first-order chi connectivity index (χ1) is 9.45. The van der Waals surface area contributed by atoms with Gasteiger partial charge in [0.15, 0.2) is 0 Å². The lowest BCUT2D eigenvalue weighted by Gasteiger charge is -2.16. The highest BCUT2D eigenvalue weighted by Crippen LogP contribution is 2.24. The Bertz CT molecular complexity index is 602. The minimum absolute atomic E-state index is 0.0359. The highest BCUT2D eigenvalue weighted by atomic mass is 79.9. The second-order valence-corrected chi connectivity index (χ2v) is 5.91. The molecular formula is C15H13BrClF2N. The highest BCUT2D eigenvalue weighted by Gasteiger charge is 2.11. The molecule has 0 aliphatic rings. The average Bonchev–Trinajstić information content (AvgIpc) is 2.39. The Labute approximate surface area is 130 Å². The number of rotatable bonds is 4. The zero-order chi connectivity index (χ0) is 14.7. The molecule has 0 aliphatic carbocycles. The molecule has 0 aliphatic heterocycles. The zero-order valence-corrected chi connectivity index (χ0v) is 13.1. The lowest BCUT2D eigenvalue weighted by Crippen LogP contribution is -2.19. The monoisotopic (exact) mass is 359 g/mol. The fraction of sp³-hybridized carbons (Fsp3) is 0.200. The van der Waals surface area contributed by atoms with Gasteiger partial charge in [0.1, 0.15) is 11.6 Å². The number of benzene rings is 2. The summed E-state index contributed by atoms with van der Waals surface area (Å²) in [5.41, 5.74) is 1.24. The molecule has 1 unspecified atom stereocenters. The molecule has 0 aromatic heterocycles. The van der Waals surface area contributed by atoms with Gasteiger partial charge in [-0.05, 0) is 53.0 Å². The van der Waals surface area contributed by atoms with Crippen LogP contribution in [-0.4, -0.2) is 6.04 Å². The summed E-state index contributed by atoms with van der Waals surface area (Å²) < 4.78 is 27.2. The van der Waals surface area contributed by atoms with Gasteiger partial charge in [0.05, 0.1) is 10.2 Å². The summed E-state index contributed by atoms with van der Waals surface area (Å²) in [6.45, 7) is 1.91. The van der Waals surface area contributed by atoms with Gasteiger partial charge in [0.2, 0.25) is 0 Å². The van der Waals surface area contributed by atoms with E-state index in [1.165, 1.54) is 0 Å². The maximum Gasteiger partial charge on any atom is 0.147 e. The van der Waals surface area contributed by atoms with Gasteiger partial charge in [-0.15, -0.1) is 0 Å². The lowest BCUT2D eigenvalue weighted by molar-refractivity contribution is 0.594. The molecule has 0 heterocycles. The molecule has 0 bridgehead atoms. The number of hydrogen-bond donors (Lipinski definition) is 1. The van der Waals surface area contributed by atoms with Crippen molar-refractivity contribution >= 4 is 33.2 Å². The third-order valence-electron chi connectivity index (χ3n) is 2.87. The summed E-state index contributed by atoms with van der Waals surface area (Å²) >= 11 is 8.77. The van der Waals surface area contributed by atoms with Crippen molar-refractivity contribution in [3.8, 4) is 0 Å². The van der Waals surface area contributed by atoms with E-state index in [2.05, 4.69) is 21.2 Å². The van der Waals surface area contributed by atoms with Crippen LogP contribution in [0.25, 0.3) is 0 Å². The molecule has 2 rings (SSSR count). The van der Waals surface area contributed by atoms with Gasteiger partial charge in [-0.1, -0.05) is 23.7 Å². The minimum atomic E-state index is -0.493. The summed E-state index contributed by atoms with van der Waals surface area (Å²) in [5.74, 6) is -0.978. The maximum atomic E-state index is 13.7. The zero-order valence-electron chi connectivity index (χ0n) is 10.8. The molecule has 2 aromatic carbocycles. The second kappa shape index (κ2) is 6.55. The van der Waals surface area contributed by atoms with Crippen LogP contribution >= 0.6 is 27.5 Å². The number of anilines is 1. The summed E-state index contributed by atoms with van der Waals surface area (Å²) in [4.78, 5) is 0. The predicted molar refractivity (Wildman–Crippen MR) is 82.3 cm³/mol. The van der Waals surface area contributed by atoms with E-state index in [-0.39, 0.29) is 16.2 Å². The Morgan fingerprint density at radius 1 is 1.15 bits per heavy atom. The Morgan fingerprint density at radius 2 is 1.80 bits per heavy atom. The van der Waals surface area contributed by atoms with Gasteiger partial charge in [-0.2, -0.15) is 0 Å². The second-order valence-electron chi connectivity index (χ2n) is 4.62. The van der Waals surface area contributed by atoms with Gasteiger partial charge in [0.25, 0.3) is 0 Å². The first-order valence-corrected chi connectivity index (χ1v) is 7.28. The Morgan fingerprint density at radius 3 is 2.45 bits per heavy atom. The SMILES string of the molecule is CC(Cc1ccc(Cl)cc1)Nc1cc(F)c(Br)cc1F. The molecule has 0 saturated carbocycles. The molecule has 0 fully saturated rings. The smallest absolute Gasteiger partial charge is 0.147 e. The van der Waals surface area contributed by atoms with Crippen LogP contribution in [0.15, 0.2) is 40.9 Å². The molecule has 0 radical (unpaired) electrons. The maximum absolute atomic E-state index is 13.7. The first kappa shape index (κ1) is 15.3. The van der Waals surface area contributed by atoms with E-state index in [4.69, 9.17) is 11.6 Å². The molecular weight excluding hydrogens is 348 g/mol. The normalized spacial score (nSPS) is 12.2. The molecule has 1 N–H and O–H groups in total. The lowest BCUT2D eigenvalue weighted by atomic mass is 10.1. The molecule has 0 amide bonds. The average molecular weight is 361 g/mol. The van der Waals surface area contributed by atoms with Crippen LogP contribution in [-0.2, 0) is 6.42 Å². The van der Waals surface area contributed by atoms with E-state index in [1.54, 1.807) is 0 Å². The van der Waals surface area contributed by atoms with Gasteiger partial charge < -0.3 is 5.32 Å². The van der Waals surface area contributed by atoms with Crippen molar-refractivity contribution in [1.82, 2.24) is 0 Å². The topological polar surface area (TPSA) is 12.0 Å². The van der Waals surface area contributed by atoms with Gasteiger partial charge in [-0.3, -0.25) is 0 Å². The number of nitrogens with one attached hydrogen (secondary N) is 1. The van der Waals surface area contributed by atoms with Crippen LogP contribution < -0.4 is 5.32 Å². The molecule has 1 atom stereocenters. The summed E-state index contributed by atoms with van der Waals surface area (Å²) in [6.07, 6.45) is 0.689. The molecule has 0 saturated heterocycles. The van der Waals surface area contributed by atoms with Crippen molar-refractivity contribution < 1.29 is 8.78 Å². The third-order valence-corrected chi connectivity index (χ3v) is 3.73. The van der Waals surface area contributed by atoms with Crippen molar-refractivity contribution in [2.75, 3.05) is 5.32 Å². The fourth-order valence-electron chi connectivity index (χ4n) is 1.92. The van der Waals surface area contributed by atoms with Crippen LogP contribution in [0.1, 0.15) is 12.5 Å². The van der Waals surface area contributed by atoms with E-state index in [0.717, 1.165) is 17.7 Å². The van der Waals surface area contributed by atoms with Crippen LogP contribution in [0, 0.1) is 11.6 Å². The first-order valence-electron chi connectivity index (χ1n) is 6.11. The van der Waals surface area contributed by atoms with Crippen LogP contribution in [0.5, 0.6) is 0 Å². The Hall–Kier alpha value is -1.13. The van der Waals surface area contributed by atoms with E-state index >= 15 is 0 Å². The van der Waals surface area contributed by atoms with Crippen molar-refractivity contribution in [1.29, 1.82) is 0 Å². The van der Waals surface area contributed by atoms with E-state index in [9.17, 15) is 8.78 Å². The van der Waals surface area contributed by atoms with Crippen LogP contribution in [0.2, 0.25) is 5.02 Å². The van der Waals surface area contributed by atoms with Gasteiger partial charge in [-0.25, -0.2) is 8.78 Å². The molecule has 5 heteroatoms. The fourth-order valence-corrected chi connectivity index (χ4v) is 2.37. The quantitative estimate of drug-likeness (QED) is 0.718. The summed E-state index contributed by atoms with van der Waals surface area (Å²) in [5, 5.41) is 3.65. The highest BCUT2D eigenvalue weighted by molar-refractivity contribution is 9.10. The molecule has 1 nitrogen and oxygen atoms in total. The van der Waals surface area contributed by atoms with E-state index < -0.39 is 11.6 Å². The Kier molecular flexibility index (Phi) is 5.00. The van der Waals surface area contributed by atoms with Crippen molar-refractivity contribution in [2.24, 2.45) is 0 Å². The number of hydrogen-bond acceptors (Lipinski definition) is 1. The van der Waals surface area contributed by atoms with Crippen LogP contribution in [0.4, 0.5) is 14.5 Å². The van der Waals surface area contributed by atoms with Crippen molar-refractivity contribution in [3.05, 3.63) is 63.1 Å². The van der Waals surface area contributed by atoms with Crippen molar-refractivity contribution in [3.63, 3.8) is 0 Å². The molecule has 0 spiro atoms. The largest absolute Gasteiger partial charge is 0.380 e. The molecule has 20 heavy (non-hydrogen) atoms. The minimum Gasteiger partial charge on any atom is -0.380 e. The van der Waals surface area contributed by atoms with E-state index in [0.29, 0.717) is 11.4 Å². The summed E-state index contributed by atoms with van der Waals surface area (Å²) in [6, 6.07) is 9.68. The third kappa shape index (κ3) is 3.93. The van der Waals surface area contributed by atoms with Gasteiger partial charge in [0, 0.05) is 17.1 Å². The predicted octanol–water partition coefficient (Wildman–Crippen LogP) is 5.42.